The van der Waals surface area contributed by atoms with Gasteiger partial charge < -0.3 is 16.4 Å². The second kappa shape index (κ2) is 7.27. The molecule has 0 saturated carbocycles. The van der Waals surface area contributed by atoms with E-state index in [-0.39, 0.29) is 23.4 Å². The van der Waals surface area contributed by atoms with Crippen LogP contribution in [-0.2, 0) is 9.59 Å². The second-order valence-corrected chi connectivity index (χ2v) is 5.34. The van der Waals surface area contributed by atoms with E-state index in [9.17, 15) is 9.59 Å². The molecule has 5 nitrogen and oxygen atoms in total. The fourth-order valence-electron chi connectivity index (χ4n) is 1.31. The van der Waals surface area contributed by atoms with Gasteiger partial charge >= 0.3 is 0 Å². The highest BCUT2D eigenvalue weighted by Gasteiger charge is 2.18. The molecule has 0 heterocycles. The maximum atomic E-state index is 11.7. The number of nitrogens with two attached hydrogens (primary N) is 1. The van der Waals surface area contributed by atoms with Gasteiger partial charge in [0.15, 0.2) is 0 Å². The number of hydrogen-bond acceptors (Lipinski definition) is 3. The molecule has 0 aliphatic rings. The molecule has 0 aromatic heterocycles. The van der Waals surface area contributed by atoms with Gasteiger partial charge in [-0.1, -0.05) is 0 Å². The van der Waals surface area contributed by atoms with Crippen molar-refractivity contribution in [1.29, 1.82) is 0 Å². The molecule has 0 aliphatic carbocycles. The Morgan fingerprint density at radius 3 is 2.29 bits per heavy atom. The Bertz CT molecular complexity index is 259. The van der Waals surface area contributed by atoms with Crippen molar-refractivity contribution < 1.29 is 9.59 Å². The molecule has 0 aliphatic heterocycles. The molecule has 100 valence electrons. The summed E-state index contributed by atoms with van der Waals surface area (Å²) in [7, 11) is 0. The summed E-state index contributed by atoms with van der Waals surface area (Å²) >= 11 is 0. The van der Waals surface area contributed by atoms with Crippen LogP contribution in [-0.4, -0.2) is 29.9 Å². The molecule has 0 bridgehead atoms. The molecule has 1 atom stereocenters. The van der Waals surface area contributed by atoms with Crippen molar-refractivity contribution in [2.75, 3.05) is 6.54 Å². The molecule has 1 unspecified atom stereocenters. The van der Waals surface area contributed by atoms with E-state index in [0.717, 1.165) is 12.8 Å². The molecule has 17 heavy (non-hydrogen) atoms. The normalized spacial score (nSPS) is 13.2. The molecular weight excluding hydrogens is 218 g/mol. The summed E-state index contributed by atoms with van der Waals surface area (Å²) in [6.45, 7) is 8.39. The van der Waals surface area contributed by atoms with Gasteiger partial charge in [0.25, 0.3) is 0 Å². The van der Waals surface area contributed by atoms with E-state index < -0.39 is 0 Å². The SMILES string of the molecule is CC(NCCCCC(N)=O)C(=O)NC(C)(C)C. The monoisotopic (exact) mass is 243 g/mol. The Morgan fingerprint density at radius 2 is 1.82 bits per heavy atom. The van der Waals surface area contributed by atoms with Gasteiger partial charge in [-0.2, -0.15) is 0 Å². The third-order valence-electron chi connectivity index (χ3n) is 2.19. The smallest absolute Gasteiger partial charge is 0.237 e. The van der Waals surface area contributed by atoms with Crippen molar-refractivity contribution in [2.24, 2.45) is 5.73 Å². The van der Waals surface area contributed by atoms with Crippen molar-refractivity contribution >= 4 is 11.8 Å². The lowest BCUT2D eigenvalue weighted by Gasteiger charge is -2.23. The largest absolute Gasteiger partial charge is 0.370 e. The van der Waals surface area contributed by atoms with E-state index in [1.165, 1.54) is 0 Å². The summed E-state index contributed by atoms with van der Waals surface area (Å²) in [5.74, 6) is -0.282. The molecule has 0 saturated heterocycles. The Balaban J connectivity index is 3.68. The first-order valence-corrected chi connectivity index (χ1v) is 6.06. The van der Waals surface area contributed by atoms with Gasteiger partial charge in [-0.05, 0) is 47.1 Å². The summed E-state index contributed by atoms with van der Waals surface area (Å²) < 4.78 is 0. The van der Waals surface area contributed by atoms with Gasteiger partial charge in [-0.3, -0.25) is 9.59 Å². The van der Waals surface area contributed by atoms with Crippen LogP contribution in [0.2, 0.25) is 0 Å². The van der Waals surface area contributed by atoms with Crippen molar-refractivity contribution in [3.63, 3.8) is 0 Å². The quantitative estimate of drug-likeness (QED) is 0.570. The third kappa shape index (κ3) is 9.81. The minimum atomic E-state index is -0.275. The molecule has 0 rings (SSSR count). The van der Waals surface area contributed by atoms with E-state index in [1.54, 1.807) is 0 Å². The minimum absolute atomic E-state index is 0.00704. The fraction of sp³-hybridized carbons (Fsp3) is 0.833. The molecule has 0 radical (unpaired) electrons. The first kappa shape index (κ1) is 15.9. The maximum Gasteiger partial charge on any atom is 0.237 e. The lowest BCUT2D eigenvalue weighted by Crippen LogP contribution is -2.49. The molecule has 0 spiro atoms. The Labute approximate surface area is 104 Å². The molecule has 0 aromatic rings. The highest BCUT2D eigenvalue weighted by Crippen LogP contribution is 1.99. The summed E-state index contributed by atoms with van der Waals surface area (Å²) in [4.78, 5) is 22.2. The van der Waals surface area contributed by atoms with Crippen molar-refractivity contribution in [1.82, 2.24) is 10.6 Å². The maximum absolute atomic E-state index is 11.7. The van der Waals surface area contributed by atoms with Crippen LogP contribution >= 0.6 is 0 Å². The highest BCUT2D eigenvalue weighted by molar-refractivity contribution is 5.81. The van der Waals surface area contributed by atoms with E-state index in [4.69, 9.17) is 5.73 Å². The van der Waals surface area contributed by atoms with E-state index >= 15 is 0 Å². The molecule has 2 amide bonds. The van der Waals surface area contributed by atoms with Gasteiger partial charge in [0, 0.05) is 12.0 Å². The van der Waals surface area contributed by atoms with Crippen LogP contribution in [0.15, 0.2) is 0 Å². The standard InChI is InChI=1S/C12H25N3O2/c1-9(11(17)15-12(2,3)4)14-8-6-5-7-10(13)16/h9,14H,5-8H2,1-4H3,(H2,13,16)(H,15,17). The Kier molecular flexibility index (Phi) is 6.80. The minimum Gasteiger partial charge on any atom is -0.370 e. The first-order valence-electron chi connectivity index (χ1n) is 6.06. The predicted octanol–water partition coefficient (Wildman–Crippen LogP) is 0.535. The highest BCUT2D eigenvalue weighted by atomic mass is 16.2. The molecule has 5 heteroatoms. The lowest BCUT2D eigenvalue weighted by atomic mass is 10.1. The van der Waals surface area contributed by atoms with Crippen molar-refractivity contribution in [2.45, 2.75) is 58.5 Å². The van der Waals surface area contributed by atoms with Gasteiger partial charge in [0.1, 0.15) is 0 Å². The van der Waals surface area contributed by atoms with Crippen LogP contribution in [0.4, 0.5) is 0 Å². The lowest BCUT2D eigenvalue weighted by molar-refractivity contribution is -0.124. The number of carbonyl (C=O) groups is 2. The van der Waals surface area contributed by atoms with Gasteiger partial charge in [-0.15, -0.1) is 0 Å². The van der Waals surface area contributed by atoms with Gasteiger partial charge in [-0.25, -0.2) is 0 Å². The zero-order valence-corrected chi connectivity index (χ0v) is 11.3. The predicted molar refractivity (Wildman–Crippen MR) is 68.4 cm³/mol. The average Bonchev–Trinajstić information content (AvgIpc) is 2.13. The Hall–Kier alpha value is -1.10. The summed E-state index contributed by atoms with van der Waals surface area (Å²) in [6.07, 6.45) is 2.01. The topological polar surface area (TPSA) is 84.2 Å². The zero-order chi connectivity index (χ0) is 13.5. The number of amides is 2. The average molecular weight is 243 g/mol. The molecule has 0 fully saturated rings. The number of hydrogen-bond donors (Lipinski definition) is 3. The summed E-state index contributed by atoms with van der Waals surface area (Å²) in [6, 6.07) is -0.220. The summed E-state index contributed by atoms with van der Waals surface area (Å²) in [5, 5.41) is 6.02. The third-order valence-corrected chi connectivity index (χ3v) is 2.19. The van der Waals surface area contributed by atoms with E-state index in [2.05, 4.69) is 10.6 Å². The number of nitrogens with one attached hydrogen (secondary N) is 2. The van der Waals surface area contributed by atoms with Crippen LogP contribution in [0.3, 0.4) is 0 Å². The molecule has 4 N–H and O–H groups in total. The van der Waals surface area contributed by atoms with Crippen molar-refractivity contribution in [3.05, 3.63) is 0 Å². The van der Waals surface area contributed by atoms with Crippen LogP contribution in [0.1, 0.15) is 47.0 Å². The van der Waals surface area contributed by atoms with Crippen LogP contribution < -0.4 is 16.4 Å². The fourth-order valence-corrected chi connectivity index (χ4v) is 1.31. The number of rotatable bonds is 7. The summed E-state index contributed by atoms with van der Waals surface area (Å²) in [5.41, 5.74) is 4.82. The number of carbonyl (C=O) groups excluding carboxylic acids is 2. The van der Waals surface area contributed by atoms with E-state index in [0.29, 0.717) is 13.0 Å². The van der Waals surface area contributed by atoms with E-state index in [1.807, 2.05) is 27.7 Å². The van der Waals surface area contributed by atoms with Crippen LogP contribution in [0.25, 0.3) is 0 Å². The van der Waals surface area contributed by atoms with Crippen LogP contribution in [0.5, 0.6) is 0 Å². The first-order chi connectivity index (χ1) is 7.72. The molecule has 0 aromatic carbocycles. The molecular formula is C12H25N3O2. The Morgan fingerprint density at radius 1 is 1.24 bits per heavy atom. The zero-order valence-electron chi connectivity index (χ0n) is 11.3. The number of primary amides is 1. The number of unbranched alkanes of at least 4 members (excludes halogenated alkanes) is 1. The van der Waals surface area contributed by atoms with Gasteiger partial charge in [0.2, 0.25) is 11.8 Å². The second-order valence-electron chi connectivity index (χ2n) is 5.34. The van der Waals surface area contributed by atoms with Crippen molar-refractivity contribution in [3.8, 4) is 0 Å². The van der Waals surface area contributed by atoms with Crippen LogP contribution in [0, 0.1) is 0 Å². The van der Waals surface area contributed by atoms with Gasteiger partial charge in [0.05, 0.1) is 6.04 Å².